The number of nitrogens with one attached hydrogen (secondary N) is 2. The number of esters is 1. The molecule has 3 amide bonds. The van der Waals surface area contributed by atoms with Gasteiger partial charge in [-0.3, -0.25) is 10.1 Å². The maximum atomic E-state index is 11.5. The summed E-state index contributed by atoms with van der Waals surface area (Å²) in [6.07, 6.45) is 4.41. The SMILES string of the molecule is CCCCNC(=O)NC(=O)COC(=O)/C=C/c1ccc(C#N)cc1. The van der Waals surface area contributed by atoms with E-state index in [1.165, 1.54) is 6.08 Å². The maximum Gasteiger partial charge on any atom is 0.331 e. The number of ether oxygens (including phenoxy) is 1. The van der Waals surface area contributed by atoms with Crippen molar-refractivity contribution in [2.24, 2.45) is 0 Å². The highest BCUT2D eigenvalue weighted by molar-refractivity contribution is 5.96. The van der Waals surface area contributed by atoms with Crippen molar-refractivity contribution in [3.8, 4) is 6.07 Å². The van der Waals surface area contributed by atoms with Gasteiger partial charge in [0.2, 0.25) is 0 Å². The van der Waals surface area contributed by atoms with E-state index in [2.05, 4.69) is 10.6 Å². The van der Waals surface area contributed by atoms with E-state index in [-0.39, 0.29) is 0 Å². The van der Waals surface area contributed by atoms with E-state index in [0.717, 1.165) is 18.9 Å². The summed E-state index contributed by atoms with van der Waals surface area (Å²) >= 11 is 0. The molecule has 0 saturated heterocycles. The smallest absolute Gasteiger partial charge is 0.331 e. The summed E-state index contributed by atoms with van der Waals surface area (Å²) in [4.78, 5) is 34.2. The van der Waals surface area contributed by atoms with Gasteiger partial charge in [0.25, 0.3) is 5.91 Å². The van der Waals surface area contributed by atoms with Crippen molar-refractivity contribution in [3.63, 3.8) is 0 Å². The number of carbonyl (C=O) groups excluding carboxylic acids is 3. The number of benzene rings is 1. The molecule has 0 aromatic heterocycles. The molecule has 0 spiro atoms. The average molecular weight is 329 g/mol. The first-order chi connectivity index (χ1) is 11.5. The van der Waals surface area contributed by atoms with Gasteiger partial charge >= 0.3 is 12.0 Å². The molecule has 24 heavy (non-hydrogen) atoms. The van der Waals surface area contributed by atoms with Crippen LogP contribution in [0.1, 0.15) is 30.9 Å². The third-order valence-electron chi connectivity index (χ3n) is 2.87. The zero-order chi connectivity index (χ0) is 17.8. The lowest BCUT2D eigenvalue weighted by Gasteiger charge is -2.06. The van der Waals surface area contributed by atoms with E-state index < -0.39 is 24.5 Å². The van der Waals surface area contributed by atoms with Gasteiger partial charge in [0, 0.05) is 12.6 Å². The number of urea groups is 1. The van der Waals surface area contributed by atoms with Gasteiger partial charge < -0.3 is 10.1 Å². The molecular formula is C17H19N3O4. The Balaban J connectivity index is 2.32. The molecule has 0 bridgehead atoms. The Labute approximate surface area is 140 Å². The van der Waals surface area contributed by atoms with Crippen LogP contribution in [-0.4, -0.2) is 31.1 Å². The fraction of sp³-hybridized carbons (Fsp3) is 0.294. The van der Waals surface area contributed by atoms with Crippen LogP contribution in [0.2, 0.25) is 0 Å². The third kappa shape index (κ3) is 7.75. The minimum absolute atomic E-state index is 0.475. The molecule has 0 aliphatic rings. The van der Waals surface area contributed by atoms with Crippen molar-refractivity contribution in [3.05, 3.63) is 41.5 Å². The van der Waals surface area contributed by atoms with E-state index in [4.69, 9.17) is 10.00 Å². The number of nitrogens with zero attached hydrogens (tertiary/aromatic N) is 1. The third-order valence-corrected chi connectivity index (χ3v) is 2.87. The average Bonchev–Trinajstić information content (AvgIpc) is 2.58. The van der Waals surface area contributed by atoms with Crippen LogP contribution < -0.4 is 10.6 Å². The van der Waals surface area contributed by atoms with Crippen LogP contribution in [0.3, 0.4) is 0 Å². The van der Waals surface area contributed by atoms with Crippen LogP contribution in [0.15, 0.2) is 30.3 Å². The quantitative estimate of drug-likeness (QED) is 0.450. The van der Waals surface area contributed by atoms with E-state index in [0.29, 0.717) is 17.7 Å². The Morgan fingerprint density at radius 2 is 1.96 bits per heavy atom. The number of unbranched alkanes of at least 4 members (excludes halogenated alkanes) is 1. The predicted octanol–water partition coefficient (Wildman–Crippen LogP) is 1.74. The minimum atomic E-state index is -0.707. The number of rotatable bonds is 7. The van der Waals surface area contributed by atoms with Crippen molar-refractivity contribution in [1.82, 2.24) is 10.6 Å². The Morgan fingerprint density at radius 3 is 2.58 bits per heavy atom. The Hall–Kier alpha value is -3.14. The second-order valence-corrected chi connectivity index (χ2v) is 4.83. The molecule has 1 rings (SSSR count). The summed E-state index contributed by atoms with van der Waals surface area (Å²) in [6.45, 7) is 1.91. The molecule has 0 fully saturated rings. The zero-order valence-electron chi connectivity index (χ0n) is 13.4. The van der Waals surface area contributed by atoms with E-state index >= 15 is 0 Å². The number of hydrogen-bond acceptors (Lipinski definition) is 5. The molecule has 2 N–H and O–H groups in total. The number of carbonyl (C=O) groups is 3. The topological polar surface area (TPSA) is 108 Å². The Bertz CT molecular complexity index is 645. The van der Waals surface area contributed by atoms with Gasteiger partial charge in [-0.1, -0.05) is 25.5 Å². The molecule has 0 aliphatic heterocycles. The summed E-state index contributed by atoms with van der Waals surface area (Å²) in [5.74, 6) is -1.41. The largest absolute Gasteiger partial charge is 0.452 e. The van der Waals surface area contributed by atoms with Gasteiger partial charge in [-0.15, -0.1) is 0 Å². The minimum Gasteiger partial charge on any atom is -0.452 e. The molecule has 1 aromatic carbocycles. The number of nitriles is 1. The van der Waals surface area contributed by atoms with Crippen LogP contribution in [0.4, 0.5) is 4.79 Å². The molecule has 0 saturated carbocycles. The molecule has 7 heteroatoms. The lowest BCUT2D eigenvalue weighted by atomic mass is 10.1. The van der Waals surface area contributed by atoms with Crippen molar-refractivity contribution >= 4 is 24.0 Å². The molecular weight excluding hydrogens is 310 g/mol. The van der Waals surface area contributed by atoms with E-state index in [1.54, 1.807) is 24.3 Å². The van der Waals surface area contributed by atoms with Crippen molar-refractivity contribution in [2.75, 3.05) is 13.2 Å². The van der Waals surface area contributed by atoms with Crippen LogP contribution in [0.25, 0.3) is 6.08 Å². The molecule has 1 aromatic rings. The lowest BCUT2D eigenvalue weighted by molar-refractivity contribution is -0.143. The highest BCUT2D eigenvalue weighted by Gasteiger charge is 2.08. The Kier molecular flexibility index (Phi) is 8.32. The summed E-state index contributed by atoms with van der Waals surface area (Å²) in [5, 5.41) is 13.3. The monoisotopic (exact) mass is 329 g/mol. The van der Waals surface area contributed by atoms with Gasteiger partial charge in [0.1, 0.15) is 0 Å². The standard InChI is InChI=1S/C17H19N3O4/c1-2-3-10-19-17(23)20-15(21)12-24-16(22)9-8-13-4-6-14(11-18)7-5-13/h4-9H,2-3,10,12H2,1H3,(H2,19,20,21,23)/b9-8+. The molecule has 0 heterocycles. The number of imide groups is 1. The number of hydrogen-bond donors (Lipinski definition) is 2. The normalized spacial score (nSPS) is 10.0. The maximum absolute atomic E-state index is 11.5. The van der Waals surface area contributed by atoms with Crippen LogP contribution in [-0.2, 0) is 14.3 Å². The first-order valence-electron chi connectivity index (χ1n) is 7.48. The first kappa shape index (κ1) is 18.9. The van der Waals surface area contributed by atoms with Gasteiger partial charge in [-0.25, -0.2) is 9.59 Å². The highest BCUT2D eigenvalue weighted by atomic mass is 16.5. The van der Waals surface area contributed by atoms with E-state index in [1.807, 2.05) is 13.0 Å². The van der Waals surface area contributed by atoms with Crippen molar-refractivity contribution < 1.29 is 19.1 Å². The predicted molar refractivity (Wildman–Crippen MR) is 87.6 cm³/mol. The second-order valence-electron chi connectivity index (χ2n) is 4.83. The molecule has 0 radical (unpaired) electrons. The molecule has 0 atom stereocenters. The van der Waals surface area contributed by atoms with E-state index in [9.17, 15) is 14.4 Å². The fourth-order valence-corrected chi connectivity index (χ4v) is 1.60. The first-order valence-corrected chi connectivity index (χ1v) is 7.48. The highest BCUT2D eigenvalue weighted by Crippen LogP contribution is 2.05. The van der Waals surface area contributed by atoms with Crippen LogP contribution in [0.5, 0.6) is 0 Å². The van der Waals surface area contributed by atoms with Gasteiger partial charge in [-0.05, 0) is 30.2 Å². The Morgan fingerprint density at radius 1 is 1.25 bits per heavy atom. The van der Waals surface area contributed by atoms with Crippen molar-refractivity contribution in [1.29, 1.82) is 5.26 Å². The van der Waals surface area contributed by atoms with Gasteiger partial charge in [0.15, 0.2) is 6.61 Å². The van der Waals surface area contributed by atoms with Crippen LogP contribution >= 0.6 is 0 Å². The lowest BCUT2D eigenvalue weighted by Crippen LogP contribution is -2.41. The molecule has 7 nitrogen and oxygen atoms in total. The fourth-order valence-electron chi connectivity index (χ4n) is 1.60. The second kappa shape index (κ2) is 10.6. The zero-order valence-corrected chi connectivity index (χ0v) is 13.4. The van der Waals surface area contributed by atoms with Gasteiger partial charge in [0.05, 0.1) is 11.6 Å². The molecule has 0 aliphatic carbocycles. The van der Waals surface area contributed by atoms with Gasteiger partial charge in [-0.2, -0.15) is 5.26 Å². The summed E-state index contributed by atoms with van der Waals surface area (Å²) in [7, 11) is 0. The van der Waals surface area contributed by atoms with Crippen LogP contribution in [0, 0.1) is 11.3 Å². The van der Waals surface area contributed by atoms with Crippen molar-refractivity contribution in [2.45, 2.75) is 19.8 Å². The summed E-state index contributed by atoms with van der Waals surface area (Å²) in [6, 6.07) is 7.97. The number of amides is 3. The summed E-state index contributed by atoms with van der Waals surface area (Å²) < 4.78 is 4.73. The summed E-state index contributed by atoms with van der Waals surface area (Å²) in [5.41, 5.74) is 1.23. The molecule has 126 valence electrons. The molecule has 0 unspecified atom stereocenters.